The lowest BCUT2D eigenvalue weighted by Gasteiger charge is -2.24. The molecule has 1 aromatic carbocycles. The Morgan fingerprint density at radius 2 is 1.60 bits per heavy atom. The molecule has 0 aliphatic carbocycles. The minimum atomic E-state index is -0.230. The van der Waals surface area contributed by atoms with E-state index in [1.165, 1.54) is 12.1 Å². The van der Waals surface area contributed by atoms with Gasteiger partial charge in [-0.25, -0.2) is 0 Å². The molecule has 0 heterocycles. The van der Waals surface area contributed by atoms with Gasteiger partial charge >= 0.3 is 0 Å². The number of phenolic OH excluding ortho intramolecular Hbond substituents is 3. The zero-order chi connectivity index (χ0) is 11.6. The van der Waals surface area contributed by atoms with Crippen LogP contribution in [-0.4, -0.2) is 27.9 Å². The van der Waals surface area contributed by atoms with Gasteiger partial charge in [0.25, 0.3) is 0 Å². The first kappa shape index (κ1) is 11.7. The van der Waals surface area contributed by atoms with Crippen LogP contribution < -0.4 is 5.32 Å². The number of hydrogen-bond acceptors (Lipinski definition) is 4. The van der Waals surface area contributed by atoms with Crippen LogP contribution in [0.4, 0.5) is 0 Å². The number of phenols is 3. The number of likely N-dealkylation sites (N-methyl/N-ethyl adjacent to an activating group) is 1. The van der Waals surface area contributed by atoms with E-state index in [-0.39, 0.29) is 22.8 Å². The van der Waals surface area contributed by atoms with Crippen molar-refractivity contribution in [2.75, 3.05) is 7.05 Å². The molecule has 0 saturated carbocycles. The fourth-order valence-electron chi connectivity index (χ4n) is 1.34. The largest absolute Gasteiger partial charge is 0.508 e. The molecule has 0 aliphatic rings. The third-order valence-electron chi connectivity index (χ3n) is 2.48. The van der Waals surface area contributed by atoms with Gasteiger partial charge < -0.3 is 20.6 Å². The van der Waals surface area contributed by atoms with Gasteiger partial charge in [0.1, 0.15) is 17.2 Å². The van der Waals surface area contributed by atoms with Crippen molar-refractivity contribution in [3.05, 3.63) is 17.7 Å². The average Bonchev–Trinajstić information content (AvgIpc) is 2.11. The highest BCUT2D eigenvalue weighted by Crippen LogP contribution is 2.34. The maximum atomic E-state index is 9.58. The Morgan fingerprint density at radius 1 is 1.13 bits per heavy atom. The van der Waals surface area contributed by atoms with Crippen molar-refractivity contribution in [3.8, 4) is 17.2 Å². The van der Waals surface area contributed by atoms with Crippen molar-refractivity contribution in [2.45, 2.75) is 25.8 Å². The molecule has 1 rings (SSSR count). The van der Waals surface area contributed by atoms with E-state index < -0.39 is 0 Å². The Kier molecular flexibility index (Phi) is 3.09. The summed E-state index contributed by atoms with van der Waals surface area (Å²) in [7, 11) is 1.81. The number of aromatic hydroxyl groups is 3. The SMILES string of the molecule is CNC(C)(C)Cc1c(O)cc(O)cc1O. The van der Waals surface area contributed by atoms with Crippen LogP contribution in [0.2, 0.25) is 0 Å². The monoisotopic (exact) mass is 211 g/mol. The van der Waals surface area contributed by atoms with E-state index >= 15 is 0 Å². The lowest BCUT2D eigenvalue weighted by molar-refractivity contribution is 0.382. The van der Waals surface area contributed by atoms with Gasteiger partial charge in [-0.1, -0.05) is 0 Å². The quantitative estimate of drug-likeness (QED) is 0.609. The number of rotatable bonds is 3. The summed E-state index contributed by atoms with van der Waals surface area (Å²) in [6.45, 7) is 3.91. The molecule has 0 amide bonds. The van der Waals surface area contributed by atoms with Crippen LogP contribution in [0.1, 0.15) is 19.4 Å². The fourth-order valence-corrected chi connectivity index (χ4v) is 1.34. The highest BCUT2D eigenvalue weighted by molar-refractivity contribution is 5.49. The molecule has 0 fully saturated rings. The molecule has 4 nitrogen and oxygen atoms in total. The summed E-state index contributed by atoms with van der Waals surface area (Å²) in [5.74, 6) is -0.317. The topological polar surface area (TPSA) is 72.7 Å². The van der Waals surface area contributed by atoms with Crippen molar-refractivity contribution < 1.29 is 15.3 Å². The van der Waals surface area contributed by atoms with Crippen molar-refractivity contribution in [1.82, 2.24) is 5.32 Å². The predicted octanol–water partition coefficient (Wildman–Crippen LogP) is 1.34. The molecule has 4 heteroatoms. The van der Waals surface area contributed by atoms with E-state index in [0.717, 1.165) is 0 Å². The predicted molar refractivity (Wildman–Crippen MR) is 58.3 cm³/mol. The maximum absolute atomic E-state index is 9.58. The maximum Gasteiger partial charge on any atom is 0.126 e. The number of hydrogen-bond donors (Lipinski definition) is 4. The highest BCUT2D eigenvalue weighted by Gasteiger charge is 2.20. The Bertz CT molecular complexity index is 338. The minimum absolute atomic E-state index is 0.0872. The van der Waals surface area contributed by atoms with Crippen LogP contribution in [-0.2, 0) is 6.42 Å². The van der Waals surface area contributed by atoms with Crippen molar-refractivity contribution >= 4 is 0 Å². The summed E-state index contributed by atoms with van der Waals surface area (Å²) in [6, 6.07) is 2.45. The first-order chi connectivity index (χ1) is 6.85. The van der Waals surface area contributed by atoms with Gasteiger partial charge in [0.2, 0.25) is 0 Å². The van der Waals surface area contributed by atoms with E-state index in [0.29, 0.717) is 12.0 Å². The zero-order valence-corrected chi connectivity index (χ0v) is 9.20. The van der Waals surface area contributed by atoms with Crippen LogP contribution in [0.3, 0.4) is 0 Å². The molecule has 0 aromatic heterocycles. The molecule has 0 bridgehead atoms. The Balaban J connectivity index is 3.05. The molecule has 0 atom stereocenters. The molecule has 0 saturated heterocycles. The summed E-state index contributed by atoms with van der Waals surface area (Å²) in [4.78, 5) is 0. The average molecular weight is 211 g/mol. The molecule has 0 radical (unpaired) electrons. The third kappa shape index (κ3) is 2.76. The summed E-state index contributed by atoms with van der Waals surface area (Å²) < 4.78 is 0. The molecule has 1 aromatic rings. The third-order valence-corrected chi connectivity index (χ3v) is 2.48. The van der Waals surface area contributed by atoms with Gasteiger partial charge in [-0.05, 0) is 27.3 Å². The summed E-state index contributed by atoms with van der Waals surface area (Å²) >= 11 is 0. The molecule has 4 N–H and O–H groups in total. The highest BCUT2D eigenvalue weighted by atomic mass is 16.3. The first-order valence-corrected chi connectivity index (χ1v) is 4.78. The minimum Gasteiger partial charge on any atom is -0.508 e. The van der Waals surface area contributed by atoms with E-state index in [1.807, 2.05) is 20.9 Å². The van der Waals surface area contributed by atoms with Crippen LogP contribution in [0.5, 0.6) is 17.2 Å². The Labute approximate surface area is 89.2 Å². The van der Waals surface area contributed by atoms with Gasteiger partial charge in [-0.15, -0.1) is 0 Å². The van der Waals surface area contributed by atoms with Crippen molar-refractivity contribution in [2.24, 2.45) is 0 Å². The van der Waals surface area contributed by atoms with Gasteiger partial charge in [0.05, 0.1) is 0 Å². The van der Waals surface area contributed by atoms with Crippen LogP contribution in [0.15, 0.2) is 12.1 Å². The van der Waals surface area contributed by atoms with Crippen molar-refractivity contribution in [1.29, 1.82) is 0 Å². The second-order valence-corrected chi connectivity index (χ2v) is 4.27. The van der Waals surface area contributed by atoms with Gasteiger partial charge in [-0.2, -0.15) is 0 Å². The van der Waals surface area contributed by atoms with E-state index in [2.05, 4.69) is 5.32 Å². The van der Waals surface area contributed by atoms with E-state index in [4.69, 9.17) is 5.11 Å². The molecule has 84 valence electrons. The lowest BCUT2D eigenvalue weighted by atomic mass is 9.94. The Morgan fingerprint density at radius 3 is 2.00 bits per heavy atom. The summed E-state index contributed by atoms with van der Waals surface area (Å²) in [5.41, 5.74) is 0.207. The van der Waals surface area contributed by atoms with Crippen LogP contribution >= 0.6 is 0 Å². The fraction of sp³-hybridized carbons (Fsp3) is 0.455. The van der Waals surface area contributed by atoms with Crippen molar-refractivity contribution in [3.63, 3.8) is 0 Å². The number of benzene rings is 1. The molecular formula is C11H17NO3. The van der Waals surface area contributed by atoms with Gasteiger partial charge in [-0.3, -0.25) is 0 Å². The molecule has 15 heavy (non-hydrogen) atoms. The summed E-state index contributed by atoms with van der Waals surface area (Å²) in [6.07, 6.45) is 0.474. The lowest BCUT2D eigenvalue weighted by Crippen LogP contribution is -2.38. The first-order valence-electron chi connectivity index (χ1n) is 4.78. The van der Waals surface area contributed by atoms with Gasteiger partial charge in [0, 0.05) is 23.2 Å². The normalized spacial score (nSPS) is 11.7. The zero-order valence-electron chi connectivity index (χ0n) is 9.20. The van der Waals surface area contributed by atoms with E-state index in [1.54, 1.807) is 0 Å². The number of nitrogens with one attached hydrogen (secondary N) is 1. The van der Waals surface area contributed by atoms with E-state index in [9.17, 15) is 10.2 Å². The molecule has 0 spiro atoms. The molecule has 0 aliphatic heterocycles. The second-order valence-electron chi connectivity index (χ2n) is 4.27. The van der Waals surface area contributed by atoms with Crippen LogP contribution in [0, 0.1) is 0 Å². The van der Waals surface area contributed by atoms with Crippen LogP contribution in [0.25, 0.3) is 0 Å². The summed E-state index contributed by atoms with van der Waals surface area (Å²) in [5, 5.41) is 31.4. The molecular weight excluding hydrogens is 194 g/mol. The van der Waals surface area contributed by atoms with Gasteiger partial charge in [0.15, 0.2) is 0 Å². The standard InChI is InChI=1S/C11H17NO3/c1-11(2,12-3)6-8-9(14)4-7(13)5-10(8)15/h4-5,12-15H,6H2,1-3H3. The molecule has 0 unspecified atom stereocenters. The smallest absolute Gasteiger partial charge is 0.126 e. The Hall–Kier alpha value is -1.42. The second kappa shape index (κ2) is 3.98.